The first-order chi connectivity index (χ1) is 10.9. The SMILES string of the molecule is CCCNS(=O)(=O)c1ccc(NC(=O)C2(N)CCOCC2)cc1. The summed E-state index contributed by atoms with van der Waals surface area (Å²) in [4.78, 5) is 12.5. The molecule has 1 amide bonds. The Hall–Kier alpha value is -1.48. The number of hydrogen-bond acceptors (Lipinski definition) is 5. The molecule has 1 aliphatic rings. The number of carbonyl (C=O) groups is 1. The number of rotatable bonds is 6. The van der Waals surface area contributed by atoms with Gasteiger partial charge in [-0.05, 0) is 43.5 Å². The molecule has 1 heterocycles. The number of hydrogen-bond donors (Lipinski definition) is 3. The molecule has 8 heteroatoms. The van der Waals surface area contributed by atoms with Gasteiger partial charge in [0.25, 0.3) is 0 Å². The fourth-order valence-electron chi connectivity index (χ4n) is 2.26. The maximum Gasteiger partial charge on any atom is 0.244 e. The van der Waals surface area contributed by atoms with Gasteiger partial charge in [-0.2, -0.15) is 0 Å². The average molecular weight is 341 g/mol. The first kappa shape index (κ1) is 17.9. The molecule has 128 valence electrons. The van der Waals surface area contributed by atoms with Crippen molar-refractivity contribution >= 4 is 21.6 Å². The van der Waals surface area contributed by atoms with Crippen LogP contribution in [0, 0.1) is 0 Å². The third kappa shape index (κ3) is 4.51. The van der Waals surface area contributed by atoms with Crippen LogP contribution in [0.4, 0.5) is 5.69 Å². The Labute approximate surface area is 136 Å². The summed E-state index contributed by atoms with van der Waals surface area (Å²) in [6.45, 7) is 3.20. The lowest BCUT2D eigenvalue weighted by Crippen LogP contribution is -2.54. The molecule has 0 aliphatic carbocycles. The molecule has 0 aromatic heterocycles. The number of nitrogens with two attached hydrogens (primary N) is 1. The Morgan fingerprint density at radius 2 is 1.87 bits per heavy atom. The molecule has 0 saturated carbocycles. The number of sulfonamides is 1. The van der Waals surface area contributed by atoms with Crippen molar-refractivity contribution < 1.29 is 17.9 Å². The van der Waals surface area contributed by atoms with Gasteiger partial charge in [0, 0.05) is 25.4 Å². The zero-order valence-corrected chi connectivity index (χ0v) is 14.0. The molecule has 0 atom stereocenters. The van der Waals surface area contributed by atoms with Crippen LogP contribution in [0.5, 0.6) is 0 Å². The molecule has 4 N–H and O–H groups in total. The van der Waals surface area contributed by atoms with Gasteiger partial charge in [-0.15, -0.1) is 0 Å². The summed E-state index contributed by atoms with van der Waals surface area (Å²) in [5.74, 6) is -0.277. The highest BCUT2D eigenvalue weighted by atomic mass is 32.2. The van der Waals surface area contributed by atoms with Gasteiger partial charge in [0.1, 0.15) is 5.54 Å². The molecule has 0 bridgehead atoms. The molecule has 0 radical (unpaired) electrons. The van der Waals surface area contributed by atoms with Crippen molar-refractivity contribution in [2.24, 2.45) is 5.73 Å². The fraction of sp³-hybridized carbons (Fsp3) is 0.533. The number of carbonyl (C=O) groups excluding carboxylic acids is 1. The van der Waals surface area contributed by atoms with E-state index in [9.17, 15) is 13.2 Å². The van der Waals surface area contributed by atoms with Crippen molar-refractivity contribution in [3.8, 4) is 0 Å². The minimum Gasteiger partial charge on any atom is -0.381 e. The lowest BCUT2D eigenvalue weighted by molar-refractivity contribution is -0.124. The lowest BCUT2D eigenvalue weighted by atomic mass is 9.90. The average Bonchev–Trinajstić information content (AvgIpc) is 2.54. The second-order valence-electron chi connectivity index (χ2n) is 5.64. The highest BCUT2D eigenvalue weighted by Crippen LogP contribution is 2.21. The van der Waals surface area contributed by atoms with Crippen molar-refractivity contribution in [3.63, 3.8) is 0 Å². The van der Waals surface area contributed by atoms with E-state index < -0.39 is 15.6 Å². The number of benzene rings is 1. The summed E-state index contributed by atoms with van der Waals surface area (Å²) in [5, 5.41) is 2.74. The van der Waals surface area contributed by atoms with E-state index in [1.54, 1.807) is 12.1 Å². The highest BCUT2D eigenvalue weighted by molar-refractivity contribution is 7.89. The van der Waals surface area contributed by atoms with Crippen LogP contribution >= 0.6 is 0 Å². The van der Waals surface area contributed by atoms with Gasteiger partial charge in [0.05, 0.1) is 4.90 Å². The van der Waals surface area contributed by atoms with Gasteiger partial charge in [-0.25, -0.2) is 13.1 Å². The summed E-state index contributed by atoms with van der Waals surface area (Å²) in [5.41, 5.74) is 5.68. The maximum atomic E-state index is 12.3. The number of amides is 1. The van der Waals surface area contributed by atoms with Crippen LogP contribution in [0.15, 0.2) is 29.2 Å². The second kappa shape index (κ2) is 7.39. The monoisotopic (exact) mass is 341 g/mol. The molecular formula is C15H23N3O4S. The summed E-state index contributed by atoms with van der Waals surface area (Å²) in [6.07, 6.45) is 1.65. The summed E-state index contributed by atoms with van der Waals surface area (Å²) < 4.78 is 31.7. The van der Waals surface area contributed by atoms with E-state index in [1.807, 2.05) is 6.92 Å². The van der Waals surface area contributed by atoms with Crippen molar-refractivity contribution in [1.82, 2.24) is 4.72 Å². The molecule has 7 nitrogen and oxygen atoms in total. The number of ether oxygens (including phenoxy) is 1. The van der Waals surface area contributed by atoms with Crippen molar-refractivity contribution in [2.75, 3.05) is 25.1 Å². The van der Waals surface area contributed by atoms with Crippen molar-refractivity contribution in [2.45, 2.75) is 36.6 Å². The third-order valence-electron chi connectivity index (χ3n) is 3.80. The highest BCUT2D eigenvalue weighted by Gasteiger charge is 2.35. The van der Waals surface area contributed by atoms with E-state index in [4.69, 9.17) is 10.5 Å². The molecule has 2 rings (SSSR count). The molecule has 1 aliphatic heterocycles. The normalized spacial score (nSPS) is 17.7. The standard InChI is InChI=1S/C15H23N3O4S/c1-2-9-17-23(20,21)13-5-3-12(4-6-13)18-14(19)15(16)7-10-22-11-8-15/h3-6,17H,2,7-11,16H2,1H3,(H,18,19). The van der Waals surface area contributed by atoms with Crippen LogP contribution in [0.1, 0.15) is 26.2 Å². The Balaban J connectivity index is 2.04. The molecule has 1 aromatic rings. The van der Waals surface area contributed by atoms with Crippen LogP contribution in [-0.4, -0.2) is 39.6 Å². The second-order valence-corrected chi connectivity index (χ2v) is 7.41. The minimum absolute atomic E-state index is 0.164. The van der Waals surface area contributed by atoms with Crippen molar-refractivity contribution in [3.05, 3.63) is 24.3 Å². The van der Waals surface area contributed by atoms with Crippen LogP contribution in [-0.2, 0) is 19.6 Å². The van der Waals surface area contributed by atoms with Gasteiger partial charge >= 0.3 is 0 Å². The van der Waals surface area contributed by atoms with E-state index in [1.165, 1.54) is 12.1 Å². The maximum absolute atomic E-state index is 12.3. The topological polar surface area (TPSA) is 111 Å². The van der Waals surface area contributed by atoms with E-state index in [2.05, 4.69) is 10.0 Å². The van der Waals surface area contributed by atoms with Gasteiger partial charge in [-0.3, -0.25) is 4.79 Å². The van der Waals surface area contributed by atoms with Crippen LogP contribution < -0.4 is 15.8 Å². The van der Waals surface area contributed by atoms with E-state index in [-0.39, 0.29) is 10.8 Å². The smallest absolute Gasteiger partial charge is 0.244 e. The van der Waals surface area contributed by atoms with Gasteiger partial charge in [0.15, 0.2) is 0 Å². The zero-order chi connectivity index (χ0) is 16.9. The molecular weight excluding hydrogens is 318 g/mol. The summed E-state index contributed by atoms with van der Waals surface area (Å²) >= 11 is 0. The largest absolute Gasteiger partial charge is 0.381 e. The number of anilines is 1. The van der Waals surface area contributed by atoms with Crippen LogP contribution in [0.2, 0.25) is 0 Å². The van der Waals surface area contributed by atoms with Gasteiger partial charge < -0.3 is 15.8 Å². The molecule has 1 saturated heterocycles. The van der Waals surface area contributed by atoms with E-state index >= 15 is 0 Å². The first-order valence-electron chi connectivity index (χ1n) is 7.65. The van der Waals surface area contributed by atoms with E-state index in [0.29, 0.717) is 38.3 Å². The van der Waals surface area contributed by atoms with Crippen LogP contribution in [0.3, 0.4) is 0 Å². The predicted octanol–water partition coefficient (Wildman–Crippen LogP) is 0.821. The molecule has 0 spiro atoms. The van der Waals surface area contributed by atoms with Gasteiger partial charge in [-0.1, -0.05) is 6.92 Å². The fourth-order valence-corrected chi connectivity index (χ4v) is 3.39. The van der Waals surface area contributed by atoms with Crippen molar-refractivity contribution in [1.29, 1.82) is 0 Å². The molecule has 1 fully saturated rings. The molecule has 23 heavy (non-hydrogen) atoms. The van der Waals surface area contributed by atoms with Gasteiger partial charge in [0.2, 0.25) is 15.9 Å². The number of nitrogens with one attached hydrogen (secondary N) is 2. The first-order valence-corrected chi connectivity index (χ1v) is 9.13. The van der Waals surface area contributed by atoms with E-state index in [0.717, 1.165) is 6.42 Å². The quantitative estimate of drug-likeness (QED) is 0.709. The third-order valence-corrected chi connectivity index (χ3v) is 5.28. The molecule has 1 aromatic carbocycles. The molecule has 0 unspecified atom stereocenters. The Morgan fingerprint density at radius 1 is 1.26 bits per heavy atom. The Morgan fingerprint density at radius 3 is 2.43 bits per heavy atom. The predicted molar refractivity (Wildman–Crippen MR) is 87.5 cm³/mol. The summed E-state index contributed by atoms with van der Waals surface area (Å²) in [6, 6.07) is 6.03. The Kier molecular flexibility index (Phi) is 5.74. The summed E-state index contributed by atoms with van der Waals surface area (Å²) in [7, 11) is -3.50. The zero-order valence-electron chi connectivity index (χ0n) is 13.2. The minimum atomic E-state index is -3.50. The lowest BCUT2D eigenvalue weighted by Gasteiger charge is -2.31. The van der Waals surface area contributed by atoms with Crippen LogP contribution in [0.25, 0.3) is 0 Å². The Bertz CT molecular complexity index is 637.